The zero-order valence-corrected chi connectivity index (χ0v) is 12.6. The summed E-state index contributed by atoms with van der Waals surface area (Å²) >= 11 is 12.1. The molecule has 2 rings (SSSR count). The third-order valence-electron chi connectivity index (χ3n) is 3.32. The van der Waals surface area contributed by atoms with Gasteiger partial charge in [-0.1, -0.05) is 23.2 Å². The molecule has 0 unspecified atom stereocenters. The number of carbonyl (C=O) groups is 1. The Labute approximate surface area is 123 Å². The molecular formula is C14H18Cl2N2O. The SMILES string of the molecule is CC(C)N(CC1CC1)C(=O)c1cc(N)cc(Cl)c1Cl. The summed E-state index contributed by atoms with van der Waals surface area (Å²) in [5, 5.41) is 0.599. The average Bonchev–Trinajstić information content (AvgIpc) is 3.13. The maximum Gasteiger partial charge on any atom is 0.255 e. The van der Waals surface area contributed by atoms with Crippen molar-refractivity contribution in [3.63, 3.8) is 0 Å². The minimum atomic E-state index is -0.0962. The molecular weight excluding hydrogens is 283 g/mol. The summed E-state index contributed by atoms with van der Waals surface area (Å²) in [5.41, 5.74) is 6.58. The highest BCUT2D eigenvalue weighted by Crippen LogP contribution is 2.33. The van der Waals surface area contributed by atoms with E-state index < -0.39 is 0 Å². The molecule has 1 aliphatic carbocycles. The minimum absolute atomic E-state index is 0.0962. The predicted octanol–water partition coefficient (Wildman–Crippen LogP) is 3.84. The summed E-state index contributed by atoms with van der Waals surface area (Å²) in [7, 11) is 0. The van der Waals surface area contributed by atoms with E-state index in [0.29, 0.717) is 22.2 Å². The third kappa shape index (κ3) is 3.34. The minimum Gasteiger partial charge on any atom is -0.399 e. The first-order valence-corrected chi connectivity index (χ1v) is 7.21. The van der Waals surface area contributed by atoms with E-state index in [1.165, 1.54) is 12.8 Å². The molecule has 1 aromatic carbocycles. The van der Waals surface area contributed by atoms with Gasteiger partial charge in [-0.15, -0.1) is 0 Å². The van der Waals surface area contributed by atoms with Crippen molar-refractivity contribution in [3.8, 4) is 0 Å². The molecule has 0 bridgehead atoms. The number of benzene rings is 1. The van der Waals surface area contributed by atoms with E-state index in [4.69, 9.17) is 28.9 Å². The molecule has 0 aromatic heterocycles. The molecule has 1 saturated carbocycles. The van der Waals surface area contributed by atoms with Crippen LogP contribution < -0.4 is 5.73 Å². The molecule has 0 spiro atoms. The number of hydrogen-bond acceptors (Lipinski definition) is 2. The van der Waals surface area contributed by atoms with Gasteiger partial charge in [0, 0.05) is 18.3 Å². The highest BCUT2D eigenvalue weighted by atomic mass is 35.5. The van der Waals surface area contributed by atoms with E-state index in [9.17, 15) is 4.79 Å². The van der Waals surface area contributed by atoms with Gasteiger partial charge >= 0.3 is 0 Å². The van der Waals surface area contributed by atoms with Crippen LogP contribution in [0.5, 0.6) is 0 Å². The number of amides is 1. The van der Waals surface area contributed by atoms with Crippen LogP contribution in [0.4, 0.5) is 5.69 Å². The lowest BCUT2D eigenvalue weighted by atomic mass is 10.1. The van der Waals surface area contributed by atoms with E-state index in [1.807, 2.05) is 18.7 Å². The van der Waals surface area contributed by atoms with Gasteiger partial charge in [-0.25, -0.2) is 0 Å². The van der Waals surface area contributed by atoms with Gasteiger partial charge in [-0.2, -0.15) is 0 Å². The van der Waals surface area contributed by atoms with Gasteiger partial charge in [0.05, 0.1) is 15.6 Å². The van der Waals surface area contributed by atoms with Crippen molar-refractivity contribution in [1.29, 1.82) is 0 Å². The lowest BCUT2D eigenvalue weighted by molar-refractivity contribution is 0.0696. The molecule has 1 fully saturated rings. The summed E-state index contributed by atoms with van der Waals surface area (Å²) < 4.78 is 0. The monoisotopic (exact) mass is 300 g/mol. The van der Waals surface area contributed by atoms with Crippen LogP contribution in [0.3, 0.4) is 0 Å². The first kappa shape index (κ1) is 14.5. The smallest absolute Gasteiger partial charge is 0.255 e. The first-order chi connectivity index (χ1) is 8.90. The Bertz CT molecular complexity index is 498. The fourth-order valence-electron chi connectivity index (χ4n) is 2.03. The van der Waals surface area contributed by atoms with Crippen LogP contribution in [0.15, 0.2) is 12.1 Å². The second kappa shape index (κ2) is 5.59. The summed E-state index contributed by atoms with van der Waals surface area (Å²) in [4.78, 5) is 14.4. The zero-order chi connectivity index (χ0) is 14.2. The van der Waals surface area contributed by atoms with Crippen LogP contribution in [0.25, 0.3) is 0 Å². The number of carbonyl (C=O) groups excluding carboxylic acids is 1. The van der Waals surface area contributed by atoms with Crippen molar-refractivity contribution in [1.82, 2.24) is 4.90 Å². The van der Waals surface area contributed by atoms with E-state index in [1.54, 1.807) is 12.1 Å². The van der Waals surface area contributed by atoms with Gasteiger partial charge in [0.1, 0.15) is 0 Å². The van der Waals surface area contributed by atoms with Gasteiger partial charge in [0.2, 0.25) is 0 Å². The molecule has 0 heterocycles. The average molecular weight is 301 g/mol. The van der Waals surface area contributed by atoms with Crippen LogP contribution in [-0.2, 0) is 0 Å². The van der Waals surface area contributed by atoms with Crippen LogP contribution in [0, 0.1) is 5.92 Å². The lowest BCUT2D eigenvalue weighted by Gasteiger charge is -2.27. The van der Waals surface area contributed by atoms with E-state index in [2.05, 4.69) is 0 Å². The van der Waals surface area contributed by atoms with E-state index >= 15 is 0 Å². The molecule has 0 atom stereocenters. The molecule has 5 heteroatoms. The van der Waals surface area contributed by atoms with Gasteiger partial charge < -0.3 is 10.6 Å². The number of nitrogen functional groups attached to an aromatic ring is 1. The topological polar surface area (TPSA) is 46.3 Å². The Morgan fingerprint density at radius 3 is 2.58 bits per heavy atom. The fraction of sp³-hybridized carbons (Fsp3) is 0.500. The van der Waals surface area contributed by atoms with Crippen molar-refractivity contribution >= 4 is 34.8 Å². The molecule has 104 valence electrons. The van der Waals surface area contributed by atoms with Crippen LogP contribution in [-0.4, -0.2) is 23.4 Å². The van der Waals surface area contributed by atoms with Crippen LogP contribution >= 0.6 is 23.2 Å². The number of nitrogens with two attached hydrogens (primary N) is 1. The van der Waals surface area contributed by atoms with Gasteiger partial charge in [0.25, 0.3) is 5.91 Å². The van der Waals surface area contributed by atoms with Crippen molar-refractivity contribution < 1.29 is 4.79 Å². The third-order valence-corrected chi connectivity index (χ3v) is 4.12. The van der Waals surface area contributed by atoms with Crippen molar-refractivity contribution in [2.24, 2.45) is 5.92 Å². The van der Waals surface area contributed by atoms with Gasteiger partial charge in [0.15, 0.2) is 0 Å². The molecule has 0 saturated heterocycles. The van der Waals surface area contributed by atoms with Crippen molar-refractivity contribution in [2.75, 3.05) is 12.3 Å². The standard InChI is InChI=1S/C14H18Cl2N2O/c1-8(2)18(7-9-3-4-9)14(19)11-5-10(17)6-12(15)13(11)16/h5-6,8-9H,3-4,7,17H2,1-2H3. The summed E-state index contributed by atoms with van der Waals surface area (Å²) in [6, 6.07) is 3.28. The summed E-state index contributed by atoms with van der Waals surface area (Å²) in [6.07, 6.45) is 2.39. The molecule has 3 nitrogen and oxygen atoms in total. The normalized spacial score (nSPS) is 14.8. The van der Waals surface area contributed by atoms with Crippen LogP contribution in [0.2, 0.25) is 10.0 Å². The number of halogens is 2. The van der Waals surface area contributed by atoms with E-state index in [-0.39, 0.29) is 17.0 Å². The zero-order valence-electron chi connectivity index (χ0n) is 11.1. The Balaban J connectivity index is 2.30. The Hall–Kier alpha value is -0.930. The second-order valence-electron chi connectivity index (χ2n) is 5.36. The highest BCUT2D eigenvalue weighted by molar-refractivity contribution is 6.44. The Morgan fingerprint density at radius 1 is 1.42 bits per heavy atom. The number of nitrogens with zero attached hydrogens (tertiary/aromatic N) is 1. The van der Waals surface area contributed by atoms with Gasteiger partial charge in [-0.05, 0) is 44.7 Å². The summed E-state index contributed by atoms with van der Waals surface area (Å²) in [6.45, 7) is 4.78. The largest absolute Gasteiger partial charge is 0.399 e. The van der Waals surface area contributed by atoms with Gasteiger partial charge in [-0.3, -0.25) is 4.79 Å². The predicted molar refractivity (Wildman–Crippen MR) is 79.8 cm³/mol. The van der Waals surface area contributed by atoms with Crippen molar-refractivity contribution in [2.45, 2.75) is 32.7 Å². The Kier molecular flexibility index (Phi) is 4.26. The summed E-state index contributed by atoms with van der Waals surface area (Å²) in [5.74, 6) is 0.530. The molecule has 2 N–H and O–H groups in total. The lowest BCUT2D eigenvalue weighted by Crippen LogP contribution is -2.38. The van der Waals surface area contributed by atoms with Crippen molar-refractivity contribution in [3.05, 3.63) is 27.7 Å². The van der Waals surface area contributed by atoms with E-state index in [0.717, 1.165) is 6.54 Å². The fourth-order valence-corrected chi connectivity index (χ4v) is 2.44. The number of rotatable bonds is 4. The highest BCUT2D eigenvalue weighted by Gasteiger charge is 2.29. The quantitative estimate of drug-likeness (QED) is 0.859. The number of hydrogen-bond donors (Lipinski definition) is 1. The molecule has 19 heavy (non-hydrogen) atoms. The second-order valence-corrected chi connectivity index (χ2v) is 6.14. The first-order valence-electron chi connectivity index (χ1n) is 6.45. The van der Waals surface area contributed by atoms with Crippen LogP contribution in [0.1, 0.15) is 37.0 Å². The number of anilines is 1. The molecule has 1 aliphatic rings. The molecule has 1 aromatic rings. The maximum absolute atomic E-state index is 12.6. The molecule has 0 radical (unpaired) electrons. The molecule has 1 amide bonds. The Morgan fingerprint density at radius 2 is 2.05 bits per heavy atom. The maximum atomic E-state index is 12.6. The molecule has 0 aliphatic heterocycles.